The van der Waals surface area contributed by atoms with Crippen LogP contribution in [0.25, 0.3) is 0 Å². The van der Waals surface area contributed by atoms with E-state index in [1.807, 2.05) is 0 Å². The van der Waals surface area contributed by atoms with Crippen molar-refractivity contribution in [2.24, 2.45) is 11.6 Å². The van der Waals surface area contributed by atoms with E-state index in [9.17, 15) is 0 Å². The van der Waals surface area contributed by atoms with Crippen LogP contribution in [0.2, 0.25) is 0 Å². The van der Waals surface area contributed by atoms with Crippen LogP contribution in [0.15, 0.2) is 12.3 Å². The molecule has 0 aliphatic heterocycles. The molecule has 0 aliphatic carbocycles. The Labute approximate surface area is 41.7 Å². The lowest BCUT2D eigenvalue weighted by atomic mass is 10.5. The molecule has 0 radical (unpaired) electrons. The molecule has 6 N–H and O–H groups in total. The number of nitrogens with one attached hydrogen (secondary N) is 2. The van der Waals surface area contributed by atoms with Crippen LogP contribution in [0.5, 0.6) is 0 Å². The molecule has 0 saturated carbocycles. The summed E-state index contributed by atoms with van der Waals surface area (Å²) in [5.41, 5.74) is 7.24. The third-order valence-electron chi connectivity index (χ3n) is 0.499. The van der Waals surface area contributed by atoms with Crippen molar-refractivity contribution in [3.8, 4) is 0 Å². The first kappa shape index (κ1) is 5.97. The lowest BCUT2D eigenvalue weighted by Gasteiger charge is -1.97. The number of hydrogen-bond acceptors (Lipinski definition) is 3. The van der Waals surface area contributed by atoms with Crippen molar-refractivity contribution < 1.29 is 0 Å². The van der Waals surface area contributed by atoms with Gasteiger partial charge in [0.15, 0.2) is 0 Å². The molecule has 0 atom stereocenters. The Kier molecular flexibility index (Phi) is 1.87. The quantitative estimate of drug-likeness (QED) is 0.154. The SMILES string of the molecule is C=C(NN)C(=N)N. The number of hydrazine groups is 1. The molecule has 0 rings (SSSR count). The summed E-state index contributed by atoms with van der Waals surface area (Å²) < 4.78 is 0. The normalized spacial score (nSPS) is 7.57. The fourth-order valence-electron chi connectivity index (χ4n) is 0.0778. The monoisotopic (exact) mass is 100 g/mol. The molecule has 0 amide bonds. The van der Waals surface area contributed by atoms with E-state index in [2.05, 4.69) is 12.0 Å². The smallest absolute Gasteiger partial charge is 0.139 e. The third kappa shape index (κ3) is 1.77. The topological polar surface area (TPSA) is 87.9 Å². The van der Waals surface area contributed by atoms with E-state index in [1.165, 1.54) is 0 Å². The molecule has 0 aliphatic rings. The Morgan fingerprint density at radius 1 is 1.71 bits per heavy atom. The van der Waals surface area contributed by atoms with Crippen LogP contribution in [0, 0.1) is 5.41 Å². The van der Waals surface area contributed by atoms with Crippen LogP contribution in [0.1, 0.15) is 0 Å². The van der Waals surface area contributed by atoms with E-state index < -0.39 is 0 Å². The standard InChI is InChI=1S/C3H8N4/c1-2(7-6)3(4)5/h7H,1,6H2,(H3,4,5). The summed E-state index contributed by atoms with van der Waals surface area (Å²) in [5.74, 6) is 4.67. The van der Waals surface area contributed by atoms with E-state index >= 15 is 0 Å². The summed E-state index contributed by atoms with van der Waals surface area (Å²) >= 11 is 0. The molecule has 0 aromatic rings. The average molecular weight is 100 g/mol. The van der Waals surface area contributed by atoms with Gasteiger partial charge >= 0.3 is 0 Å². The van der Waals surface area contributed by atoms with Gasteiger partial charge in [-0.1, -0.05) is 6.58 Å². The average Bonchev–Trinajstić information content (AvgIpc) is 1.65. The van der Waals surface area contributed by atoms with Gasteiger partial charge in [-0.05, 0) is 0 Å². The van der Waals surface area contributed by atoms with Gasteiger partial charge in [0.1, 0.15) is 5.84 Å². The van der Waals surface area contributed by atoms with Crippen LogP contribution in [0.3, 0.4) is 0 Å². The first-order valence-corrected chi connectivity index (χ1v) is 1.68. The third-order valence-corrected chi connectivity index (χ3v) is 0.499. The molecule has 0 heterocycles. The minimum absolute atomic E-state index is 0.137. The van der Waals surface area contributed by atoms with E-state index in [4.69, 9.17) is 17.0 Å². The van der Waals surface area contributed by atoms with Gasteiger partial charge in [0.05, 0.1) is 5.70 Å². The second-order valence-corrected chi connectivity index (χ2v) is 1.04. The highest BCUT2D eigenvalue weighted by Crippen LogP contribution is 1.72. The van der Waals surface area contributed by atoms with Crippen LogP contribution in [0.4, 0.5) is 0 Å². The number of amidine groups is 1. The van der Waals surface area contributed by atoms with Gasteiger partial charge in [-0.3, -0.25) is 11.3 Å². The summed E-state index contributed by atoms with van der Waals surface area (Å²) in [6, 6.07) is 0. The Hall–Kier alpha value is -1.03. The minimum Gasteiger partial charge on any atom is -0.382 e. The predicted molar refractivity (Wildman–Crippen MR) is 28.4 cm³/mol. The summed E-state index contributed by atoms with van der Waals surface area (Å²) in [5, 5.41) is 6.64. The molecular weight excluding hydrogens is 92.1 g/mol. The highest BCUT2D eigenvalue weighted by molar-refractivity contribution is 5.92. The second kappa shape index (κ2) is 2.20. The first-order chi connectivity index (χ1) is 3.18. The Morgan fingerprint density at radius 3 is 2.14 bits per heavy atom. The molecule has 0 aromatic carbocycles. The fourth-order valence-corrected chi connectivity index (χ4v) is 0.0778. The fraction of sp³-hybridized carbons (Fsp3) is 0. The number of nitrogens with two attached hydrogens (primary N) is 2. The summed E-state index contributed by atoms with van der Waals surface area (Å²) in [6.07, 6.45) is 0. The predicted octanol–water partition coefficient (Wildman–Crippen LogP) is -1.10. The highest BCUT2D eigenvalue weighted by atomic mass is 15.2. The van der Waals surface area contributed by atoms with E-state index in [0.717, 1.165) is 0 Å². The number of hydrogen-bond donors (Lipinski definition) is 4. The Balaban J connectivity index is 3.58. The van der Waals surface area contributed by atoms with Gasteiger partial charge in [0, 0.05) is 0 Å². The van der Waals surface area contributed by atoms with Crippen molar-refractivity contribution in [1.29, 1.82) is 5.41 Å². The zero-order chi connectivity index (χ0) is 5.86. The highest BCUT2D eigenvalue weighted by Gasteiger charge is 1.87. The largest absolute Gasteiger partial charge is 0.382 e. The molecule has 0 spiro atoms. The van der Waals surface area contributed by atoms with Crippen molar-refractivity contribution in [3.63, 3.8) is 0 Å². The van der Waals surface area contributed by atoms with E-state index in [-0.39, 0.29) is 11.5 Å². The maximum Gasteiger partial charge on any atom is 0.139 e. The first-order valence-electron chi connectivity index (χ1n) is 1.68. The van der Waals surface area contributed by atoms with Crippen molar-refractivity contribution >= 4 is 5.84 Å². The summed E-state index contributed by atoms with van der Waals surface area (Å²) in [6.45, 7) is 3.29. The molecule has 0 fully saturated rings. The minimum atomic E-state index is -0.137. The Morgan fingerprint density at radius 2 is 2.14 bits per heavy atom. The van der Waals surface area contributed by atoms with Crippen molar-refractivity contribution in [2.45, 2.75) is 0 Å². The van der Waals surface area contributed by atoms with Crippen molar-refractivity contribution in [1.82, 2.24) is 5.43 Å². The summed E-state index contributed by atoms with van der Waals surface area (Å²) in [7, 11) is 0. The molecule has 7 heavy (non-hydrogen) atoms. The maximum absolute atomic E-state index is 6.64. The van der Waals surface area contributed by atoms with Gasteiger partial charge < -0.3 is 11.2 Å². The van der Waals surface area contributed by atoms with Gasteiger partial charge in [0.25, 0.3) is 0 Å². The van der Waals surface area contributed by atoms with Crippen molar-refractivity contribution in [2.75, 3.05) is 0 Å². The van der Waals surface area contributed by atoms with Crippen molar-refractivity contribution in [3.05, 3.63) is 12.3 Å². The van der Waals surface area contributed by atoms with Crippen LogP contribution >= 0.6 is 0 Å². The molecule has 4 heteroatoms. The zero-order valence-electron chi connectivity index (χ0n) is 3.86. The van der Waals surface area contributed by atoms with Gasteiger partial charge in [-0.2, -0.15) is 0 Å². The molecule has 0 aromatic heterocycles. The molecule has 40 valence electrons. The molecule has 0 unspecified atom stereocenters. The Bertz CT molecular complexity index is 95.1. The van der Waals surface area contributed by atoms with Gasteiger partial charge in [-0.15, -0.1) is 0 Å². The molecule has 0 saturated heterocycles. The summed E-state index contributed by atoms with van der Waals surface area (Å²) in [4.78, 5) is 0. The molecular formula is C3H8N4. The second-order valence-electron chi connectivity index (χ2n) is 1.04. The number of rotatable bonds is 2. The lowest BCUT2D eigenvalue weighted by molar-refractivity contribution is 0.929. The lowest BCUT2D eigenvalue weighted by Crippen LogP contribution is -2.29. The van der Waals surface area contributed by atoms with E-state index in [0.29, 0.717) is 0 Å². The molecule has 4 nitrogen and oxygen atoms in total. The van der Waals surface area contributed by atoms with Crippen LogP contribution in [-0.2, 0) is 0 Å². The maximum atomic E-state index is 6.64. The van der Waals surface area contributed by atoms with Gasteiger partial charge in [0.2, 0.25) is 0 Å². The molecule has 0 bridgehead atoms. The van der Waals surface area contributed by atoms with Gasteiger partial charge in [-0.25, -0.2) is 0 Å². The van der Waals surface area contributed by atoms with Crippen LogP contribution < -0.4 is 17.0 Å². The van der Waals surface area contributed by atoms with E-state index in [1.54, 1.807) is 0 Å². The van der Waals surface area contributed by atoms with Crippen LogP contribution in [-0.4, -0.2) is 5.84 Å². The zero-order valence-corrected chi connectivity index (χ0v) is 3.86.